The summed E-state index contributed by atoms with van der Waals surface area (Å²) >= 11 is 0. The van der Waals surface area contributed by atoms with Crippen LogP contribution in [0.4, 0.5) is 11.4 Å². The normalized spacial score (nSPS) is 18.8. The lowest BCUT2D eigenvalue weighted by molar-refractivity contribution is 0.0589. The first kappa shape index (κ1) is 17.6. The Balaban J connectivity index is 1.62. The van der Waals surface area contributed by atoms with E-state index in [-0.39, 0.29) is 18.0 Å². The van der Waals surface area contributed by atoms with Gasteiger partial charge in [-0.15, -0.1) is 0 Å². The molecule has 0 spiro atoms. The smallest absolute Gasteiger partial charge is 0.257 e. The molecule has 0 aliphatic carbocycles. The third-order valence-electron chi connectivity index (χ3n) is 5.81. The maximum absolute atomic E-state index is 12.8. The molecule has 1 fully saturated rings. The molecule has 2 aromatic rings. The van der Waals surface area contributed by atoms with Gasteiger partial charge in [0.15, 0.2) is 0 Å². The molecule has 2 amide bonds. The summed E-state index contributed by atoms with van der Waals surface area (Å²) in [5, 5.41) is 2.96. The molecule has 2 heterocycles. The van der Waals surface area contributed by atoms with Crippen LogP contribution in [0.3, 0.4) is 0 Å². The van der Waals surface area contributed by atoms with Gasteiger partial charge in [0.2, 0.25) is 0 Å². The van der Waals surface area contributed by atoms with Crippen LogP contribution in [-0.2, 0) is 0 Å². The first-order chi connectivity index (χ1) is 13.0. The van der Waals surface area contributed by atoms with Crippen LogP contribution in [0.1, 0.15) is 51.1 Å². The van der Waals surface area contributed by atoms with Crippen LogP contribution in [0.2, 0.25) is 0 Å². The molecule has 0 unspecified atom stereocenters. The van der Waals surface area contributed by atoms with Gasteiger partial charge in [-0.1, -0.05) is 6.07 Å². The van der Waals surface area contributed by atoms with Crippen molar-refractivity contribution in [2.75, 3.05) is 23.8 Å². The maximum Gasteiger partial charge on any atom is 0.257 e. The van der Waals surface area contributed by atoms with Crippen molar-refractivity contribution in [1.82, 2.24) is 4.90 Å². The van der Waals surface area contributed by atoms with Crippen molar-refractivity contribution in [3.05, 3.63) is 58.7 Å². The van der Waals surface area contributed by atoms with Crippen LogP contribution in [0.15, 0.2) is 36.4 Å². The number of hydrogen-bond acceptors (Lipinski definition) is 3. The van der Waals surface area contributed by atoms with Gasteiger partial charge in [0, 0.05) is 24.8 Å². The van der Waals surface area contributed by atoms with Gasteiger partial charge in [-0.25, -0.2) is 0 Å². The van der Waals surface area contributed by atoms with E-state index in [0.29, 0.717) is 11.1 Å². The Morgan fingerprint density at radius 2 is 1.89 bits per heavy atom. The summed E-state index contributed by atoms with van der Waals surface area (Å²) in [6.45, 7) is 4.88. The summed E-state index contributed by atoms with van der Waals surface area (Å²) in [4.78, 5) is 29.7. The Morgan fingerprint density at radius 3 is 2.67 bits per heavy atom. The minimum atomic E-state index is -0.159. The summed E-state index contributed by atoms with van der Waals surface area (Å²) in [6, 6.07) is 11.3. The van der Waals surface area contributed by atoms with Crippen molar-refractivity contribution in [1.29, 1.82) is 0 Å². The monoisotopic (exact) mass is 363 g/mol. The zero-order chi connectivity index (χ0) is 19.1. The molecular formula is C22H25N3O2. The average molecular weight is 363 g/mol. The second-order valence-corrected chi connectivity index (χ2v) is 7.57. The third-order valence-corrected chi connectivity index (χ3v) is 5.81. The Kier molecular flexibility index (Phi) is 4.38. The number of amides is 2. The fourth-order valence-corrected chi connectivity index (χ4v) is 4.04. The Hall–Kier alpha value is -2.82. The number of aryl methyl sites for hydroxylation is 2. The molecule has 27 heavy (non-hydrogen) atoms. The summed E-state index contributed by atoms with van der Waals surface area (Å²) in [5.41, 5.74) is 5.20. The largest absolute Gasteiger partial charge is 0.354 e. The summed E-state index contributed by atoms with van der Waals surface area (Å²) in [7, 11) is 2.01. The number of hydrogen-bond donors (Lipinski definition) is 1. The van der Waals surface area contributed by atoms with E-state index in [1.165, 1.54) is 5.56 Å². The fourth-order valence-electron chi connectivity index (χ4n) is 4.04. The lowest BCUT2D eigenvalue weighted by atomic mass is 9.97. The SMILES string of the molecule is Cc1ccc(NC(=O)c2ccc3c(c2)N(C)[C@@H]2CCCCN2C3=O)cc1C. The molecule has 140 valence electrons. The van der Waals surface area contributed by atoms with Crippen LogP contribution in [0, 0.1) is 13.8 Å². The molecule has 1 saturated heterocycles. The van der Waals surface area contributed by atoms with Crippen molar-refractivity contribution < 1.29 is 9.59 Å². The van der Waals surface area contributed by atoms with E-state index in [4.69, 9.17) is 0 Å². The molecule has 0 aromatic heterocycles. The van der Waals surface area contributed by atoms with Gasteiger partial charge in [0.05, 0.1) is 11.3 Å². The first-order valence-corrected chi connectivity index (χ1v) is 9.52. The molecule has 1 atom stereocenters. The fraction of sp³-hybridized carbons (Fsp3) is 0.364. The number of benzene rings is 2. The maximum atomic E-state index is 12.8. The van der Waals surface area contributed by atoms with Crippen LogP contribution in [0.25, 0.3) is 0 Å². The van der Waals surface area contributed by atoms with Crippen molar-refractivity contribution >= 4 is 23.2 Å². The van der Waals surface area contributed by atoms with Crippen LogP contribution in [0.5, 0.6) is 0 Å². The standard InChI is InChI=1S/C22H25N3O2/c1-14-7-9-17(12-15(14)2)23-21(26)16-8-10-18-19(13-16)24(3)20-6-4-5-11-25(20)22(18)27/h7-10,12-13,20H,4-6,11H2,1-3H3,(H,23,26)/t20-/m0/s1. The van der Waals surface area contributed by atoms with Crippen LogP contribution >= 0.6 is 0 Å². The lowest BCUT2D eigenvalue weighted by Crippen LogP contribution is -2.55. The minimum absolute atomic E-state index is 0.0777. The number of rotatable bonds is 2. The predicted octanol–water partition coefficient (Wildman–Crippen LogP) is 3.96. The van der Waals surface area contributed by atoms with Gasteiger partial charge in [-0.2, -0.15) is 0 Å². The molecule has 0 radical (unpaired) electrons. The molecule has 2 aromatic carbocycles. The number of carbonyl (C=O) groups is 2. The number of nitrogens with zero attached hydrogens (tertiary/aromatic N) is 2. The Morgan fingerprint density at radius 1 is 1.07 bits per heavy atom. The van der Waals surface area contributed by atoms with Gasteiger partial charge >= 0.3 is 0 Å². The number of piperidine rings is 1. The van der Waals surface area contributed by atoms with E-state index in [2.05, 4.69) is 10.2 Å². The number of fused-ring (bicyclic) bond motifs is 2. The summed E-state index contributed by atoms with van der Waals surface area (Å²) in [5.74, 6) is -0.0816. The van der Waals surface area contributed by atoms with Crippen LogP contribution < -0.4 is 10.2 Å². The van der Waals surface area contributed by atoms with E-state index in [1.807, 2.05) is 50.1 Å². The van der Waals surface area contributed by atoms with Gasteiger partial charge < -0.3 is 15.1 Å². The molecule has 5 heteroatoms. The van der Waals surface area contributed by atoms with Crippen LogP contribution in [-0.4, -0.2) is 36.5 Å². The second-order valence-electron chi connectivity index (χ2n) is 7.57. The van der Waals surface area contributed by atoms with Gasteiger partial charge in [-0.05, 0) is 74.6 Å². The van der Waals surface area contributed by atoms with Gasteiger partial charge in [-0.3, -0.25) is 9.59 Å². The zero-order valence-electron chi connectivity index (χ0n) is 16.1. The predicted molar refractivity (Wildman–Crippen MR) is 107 cm³/mol. The number of carbonyl (C=O) groups excluding carboxylic acids is 2. The highest BCUT2D eigenvalue weighted by Gasteiger charge is 2.37. The van der Waals surface area contributed by atoms with E-state index >= 15 is 0 Å². The zero-order valence-corrected chi connectivity index (χ0v) is 16.1. The Bertz CT molecular complexity index is 922. The number of anilines is 2. The van der Waals surface area contributed by atoms with E-state index < -0.39 is 0 Å². The topological polar surface area (TPSA) is 52.7 Å². The molecule has 2 aliphatic rings. The second kappa shape index (κ2) is 6.72. The van der Waals surface area contributed by atoms with Gasteiger partial charge in [0.1, 0.15) is 6.17 Å². The summed E-state index contributed by atoms with van der Waals surface area (Å²) in [6.07, 6.45) is 3.25. The molecular weight excluding hydrogens is 338 g/mol. The molecule has 4 rings (SSSR count). The number of nitrogens with one attached hydrogen (secondary N) is 1. The first-order valence-electron chi connectivity index (χ1n) is 9.52. The third kappa shape index (κ3) is 3.07. The van der Waals surface area contributed by atoms with Crippen molar-refractivity contribution in [3.63, 3.8) is 0 Å². The van der Waals surface area contributed by atoms with Gasteiger partial charge in [0.25, 0.3) is 11.8 Å². The minimum Gasteiger partial charge on any atom is -0.354 e. The van der Waals surface area contributed by atoms with E-state index in [1.54, 1.807) is 12.1 Å². The molecule has 1 N–H and O–H groups in total. The van der Waals surface area contributed by atoms with E-state index in [9.17, 15) is 9.59 Å². The highest BCUT2D eigenvalue weighted by Crippen LogP contribution is 2.35. The summed E-state index contributed by atoms with van der Waals surface area (Å²) < 4.78 is 0. The quantitative estimate of drug-likeness (QED) is 0.879. The molecule has 0 bridgehead atoms. The van der Waals surface area contributed by atoms with Crippen molar-refractivity contribution in [2.24, 2.45) is 0 Å². The molecule has 2 aliphatic heterocycles. The molecule has 5 nitrogen and oxygen atoms in total. The average Bonchev–Trinajstić information content (AvgIpc) is 2.68. The van der Waals surface area contributed by atoms with Crippen molar-refractivity contribution in [2.45, 2.75) is 39.3 Å². The highest BCUT2D eigenvalue weighted by atomic mass is 16.2. The highest BCUT2D eigenvalue weighted by molar-refractivity contribution is 6.08. The van der Waals surface area contributed by atoms with E-state index in [0.717, 1.165) is 42.7 Å². The lowest BCUT2D eigenvalue weighted by Gasteiger charge is -2.46. The Labute approximate surface area is 160 Å². The molecule has 0 saturated carbocycles. The van der Waals surface area contributed by atoms with Crippen molar-refractivity contribution in [3.8, 4) is 0 Å².